The fourth-order valence-corrected chi connectivity index (χ4v) is 2.41. The van der Waals surface area contributed by atoms with Crippen molar-refractivity contribution in [3.63, 3.8) is 0 Å². The zero-order valence-electron chi connectivity index (χ0n) is 11.3. The Morgan fingerprint density at radius 2 is 1.48 bits per heavy atom. The van der Waals surface area contributed by atoms with Crippen LogP contribution in [0.25, 0.3) is 21.9 Å². The van der Waals surface area contributed by atoms with E-state index < -0.39 is 0 Å². The number of benzene rings is 3. The van der Waals surface area contributed by atoms with Gasteiger partial charge in [-0.25, -0.2) is 0 Å². The predicted octanol–water partition coefficient (Wildman–Crippen LogP) is 3.64. The van der Waals surface area contributed by atoms with Crippen molar-refractivity contribution in [2.24, 2.45) is 0 Å². The van der Waals surface area contributed by atoms with Crippen LogP contribution in [0.2, 0.25) is 0 Å². The summed E-state index contributed by atoms with van der Waals surface area (Å²) < 4.78 is 0. The smallest absolute Gasteiger partial charge is 0.127 e. The monoisotopic (exact) mass is 282 g/mol. The average molecular weight is 282 g/mol. The zero-order chi connectivity index (χ0) is 15.1. The maximum atomic E-state index is 10.1. The molecule has 106 valence electrons. The minimum Gasteiger partial charge on any atom is -0.508 e. The van der Waals surface area contributed by atoms with Crippen LogP contribution in [-0.4, -0.2) is 20.4 Å². The first-order valence-corrected chi connectivity index (χ1v) is 6.44. The van der Waals surface area contributed by atoms with Gasteiger partial charge >= 0.3 is 0 Å². The second kappa shape index (κ2) is 4.59. The van der Waals surface area contributed by atoms with E-state index in [1.165, 1.54) is 24.3 Å². The summed E-state index contributed by atoms with van der Waals surface area (Å²) in [5, 5.41) is 40.4. The number of phenolic OH excluding ortho intramolecular Hbond substituents is 4. The highest BCUT2D eigenvalue weighted by Crippen LogP contribution is 2.38. The van der Waals surface area contributed by atoms with E-state index in [4.69, 9.17) is 0 Å². The first kappa shape index (κ1) is 13.1. The van der Waals surface area contributed by atoms with Crippen molar-refractivity contribution in [1.29, 1.82) is 0 Å². The maximum absolute atomic E-state index is 10.1. The third-order valence-corrected chi connectivity index (χ3v) is 3.54. The highest BCUT2D eigenvalue weighted by molar-refractivity contribution is 5.94. The first-order chi connectivity index (χ1) is 9.95. The molecule has 0 aliphatic carbocycles. The Labute approximate surface area is 121 Å². The lowest BCUT2D eigenvalue weighted by molar-refractivity contribution is 0.452. The number of hydrogen-bond donors (Lipinski definition) is 4. The number of aromatic hydroxyl groups is 4. The van der Waals surface area contributed by atoms with Gasteiger partial charge in [0, 0.05) is 17.0 Å². The summed E-state index contributed by atoms with van der Waals surface area (Å²) in [4.78, 5) is 0. The molecule has 0 aromatic heterocycles. The molecule has 0 saturated carbocycles. The summed E-state index contributed by atoms with van der Waals surface area (Å²) in [5.74, 6) is 0.0505. The van der Waals surface area contributed by atoms with Gasteiger partial charge in [-0.3, -0.25) is 0 Å². The summed E-state index contributed by atoms with van der Waals surface area (Å²) in [6, 6.07) is 10.9. The van der Waals surface area contributed by atoms with Gasteiger partial charge < -0.3 is 20.4 Å². The zero-order valence-corrected chi connectivity index (χ0v) is 11.3. The molecule has 21 heavy (non-hydrogen) atoms. The topological polar surface area (TPSA) is 80.9 Å². The van der Waals surface area contributed by atoms with Crippen molar-refractivity contribution in [3.05, 3.63) is 48.0 Å². The molecule has 0 unspecified atom stereocenters. The van der Waals surface area contributed by atoms with Crippen LogP contribution in [0.5, 0.6) is 23.0 Å². The van der Waals surface area contributed by atoms with Gasteiger partial charge in [0.15, 0.2) is 0 Å². The minimum absolute atomic E-state index is 0.0188. The van der Waals surface area contributed by atoms with Gasteiger partial charge in [0.25, 0.3) is 0 Å². The second-order valence-electron chi connectivity index (χ2n) is 5.06. The molecule has 3 rings (SSSR count). The van der Waals surface area contributed by atoms with Crippen molar-refractivity contribution in [1.82, 2.24) is 0 Å². The molecule has 0 heterocycles. The van der Waals surface area contributed by atoms with E-state index in [9.17, 15) is 20.4 Å². The van der Waals surface area contributed by atoms with Crippen LogP contribution in [-0.2, 0) is 0 Å². The Bertz CT molecular complexity index is 853. The number of hydrogen-bond acceptors (Lipinski definition) is 4. The van der Waals surface area contributed by atoms with E-state index >= 15 is 0 Å². The lowest BCUT2D eigenvalue weighted by Gasteiger charge is -2.10. The summed E-state index contributed by atoms with van der Waals surface area (Å²) in [5.41, 5.74) is 1.84. The molecule has 4 nitrogen and oxygen atoms in total. The van der Waals surface area contributed by atoms with Crippen LogP contribution in [0.4, 0.5) is 0 Å². The quantitative estimate of drug-likeness (QED) is 0.549. The van der Waals surface area contributed by atoms with Crippen LogP contribution < -0.4 is 0 Å². The fraction of sp³-hybridized carbons (Fsp3) is 0.0588. The van der Waals surface area contributed by atoms with E-state index in [-0.39, 0.29) is 23.0 Å². The first-order valence-electron chi connectivity index (χ1n) is 6.44. The largest absolute Gasteiger partial charge is 0.508 e. The summed E-state index contributed by atoms with van der Waals surface area (Å²) in [7, 11) is 0. The van der Waals surface area contributed by atoms with Gasteiger partial charge in [0.05, 0.1) is 0 Å². The molecule has 0 saturated heterocycles. The molecule has 0 fully saturated rings. The molecular weight excluding hydrogens is 268 g/mol. The van der Waals surface area contributed by atoms with Gasteiger partial charge in [-0.05, 0) is 59.8 Å². The molecular formula is C17H14O4. The fourth-order valence-electron chi connectivity index (χ4n) is 2.41. The second-order valence-corrected chi connectivity index (χ2v) is 5.06. The van der Waals surface area contributed by atoms with Gasteiger partial charge in [-0.1, -0.05) is 0 Å². The van der Waals surface area contributed by atoms with Crippen LogP contribution in [0.15, 0.2) is 42.5 Å². The summed E-state index contributed by atoms with van der Waals surface area (Å²) >= 11 is 0. The third kappa shape index (κ3) is 2.21. The van der Waals surface area contributed by atoms with E-state index in [2.05, 4.69) is 0 Å². The van der Waals surface area contributed by atoms with E-state index in [0.29, 0.717) is 22.1 Å². The molecule has 0 amide bonds. The van der Waals surface area contributed by atoms with Crippen LogP contribution in [0.1, 0.15) is 5.56 Å². The molecule has 0 aliphatic rings. The molecule has 3 aromatic carbocycles. The van der Waals surface area contributed by atoms with Gasteiger partial charge in [-0.2, -0.15) is 0 Å². The Hall–Kier alpha value is -2.88. The van der Waals surface area contributed by atoms with Gasteiger partial charge in [-0.15, -0.1) is 0 Å². The van der Waals surface area contributed by atoms with Crippen LogP contribution in [0.3, 0.4) is 0 Å². The van der Waals surface area contributed by atoms with Crippen molar-refractivity contribution in [3.8, 4) is 34.1 Å². The van der Waals surface area contributed by atoms with Crippen molar-refractivity contribution < 1.29 is 20.4 Å². The minimum atomic E-state index is -0.0655. The number of fused-ring (bicyclic) bond motifs is 1. The Kier molecular flexibility index (Phi) is 2.87. The molecule has 0 spiro atoms. The highest BCUT2D eigenvalue weighted by atomic mass is 16.3. The molecule has 0 bridgehead atoms. The predicted molar refractivity (Wildman–Crippen MR) is 80.8 cm³/mol. The molecule has 0 aliphatic heterocycles. The Balaban J connectivity index is 2.27. The highest BCUT2D eigenvalue weighted by Gasteiger charge is 2.11. The van der Waals surface area contributed by atoms with Gasteiger partial charge in [0.1, 0.15) is 23.0 Å². The van der Waals surface area contributed by atoms with Gasteiger partial charge in [0.2, 0.25) is 0 Å². The molecule has 4 N–H and O–H groups in total. The molecule has 0 atom stereocenters. The van der Waals surface area contributed by atoms with Crippen LogP contribution in [0, 0.1) is 6.92 Å². The standard InChI is InChI=1S/C17H14O4/c1-9-4-10-5-11(6-16(20)14(10)8-15(9)19)13-3-2-12(18)7-17(13)21/h2-8,18-21H,1H3. The third-order valence-electron chi connectivity index (χ3n) is 3.54. The summed E-state index contributed by atoms with van der Waals surface area (Å²) in [6.07, 6.45) is 0. The number of rotatable bonds is 1. The molecule has 0 radical (unpaired) electrons. The number of aryl methyl sites for hydroxylation is 1. The average Bonchev–Trinajstić information content (AvgIpc) is 2.41. The van der Waals surface area contributed by atoms with E-state index in [1.807, 2.05) is 6.07 Å². The van der Waals surface area contributed by atoms with Crippen molar-refractivity contribution >= 4 is 10.8 Å². The van der Waals surface area contributed by atoms with E-state index in [0.717, 1.165) is 5.39 Å². The summed E-state index contributed by atoms with van der Waals surface area (Å²) in [6.45, 7) is 1.77. The normalized spacial score (nSPS) is 10.9. The Morgan fingerprint density at radius 1 is 0.714 bits per heavy atom. The maximum Gasteiger partial charge on any atom is 0.127 e. The Morgan fingerprint density at radius 3 is 2.19 bits per heavy atom. The SMILES string of the molecule is Cc1cc2cc(-c3ccc(O)cc3O)cc(O)c2cc1O. The number of phenols is 4. The molecule has 3 aromatic rings. The lowest BCUT2D eigenvalue weighted by atomic mass is 9.98. The van der Waals surface area contributed by atoms with Crippen molar-refractivity contribution in [2.75, 3.05) is 0 Å². The van der Waals surface area contributed by atoms with Crippen LogP contribution >= 0.6 is 0 Å². The lowest BCUT2D eigenvalue weighted by Crippen LogP contribution is -1.83. The van der Waals surface area contributed by atoms with Crippen molar-refractivity contribution in [2.45, 2.75) is 6.92 Å². The van der Waals surface area contributed by atoms with E-state index in [1.54, 1.807) is 19.1 Å². The molecule has 4 heteroatoms.